The lowest BCUT2D eigenvalue weighted by Crippen LogP contribution is -2.48. The Bertz CT molecular complexity index is 749. The summed E-state index contributed by atoms with van der Waals surface area (Å²) in [7, 11) is 0. The number of rotatable bonds is 4. The Labute approximate surface area is 153 Å². The zero-order valence-electron chi connectivity index (χ0n) is 15.0. The number of piperazine rings is 1. The van der Waals surface area contributed by atoms with E-state index in [-0.39, 0.29) is 11.8 Å². The first-order chi connectivity index (χ1) is 12.0. The van der Waals surface area contributed by atoms with Gasteiger partial charge in [-0.3, -0.25) is 9.69 Å². The number of amides is 1. The Balaban J connectivity index is 1.62. The summed E-state index contributed by atoms with van der Waals surface area (Å²) in [5, 5.41) is 4.75. The van der Waals surface area contributed by atoms with Gasteiger partial charge in [-0.15, -0.1) is 0 Å². The lowest BCUT2D eigenvalue weighted by molar-refractivity contribution is 0.0625. The van der Waals surface area contributed by atoms with Crippen LogP contribution < -0.4 is 0 Å². The van der Waals surface area contributed by atoms with Crippen LogP contribution in [0.15, 0.2) is 28.8 Å². The molecule has 0 N–H and O–H groups in total. The molecule has 3 rings (SSSR count). The van der Waals surface area contributed by atoms with E-state index < -0.39 is 0 Å². The number of benzene rings is 1. The van der Waals surface area contributed by atoms with Gasteiger partial charge in [0.05, 0.1) is 5.69 Å². The summed E-state index contributed by atoms with van der Waals surface area (Å²) in [4.78, 5) is 17.2. The van der Waals surface area contributed by atoms with Crippen molar-refractivity contribution in [1.82, 2.24) is 15.0 Å². The van der Waals surface area contributed by atoms with E-state index in [0.29, 0.717) is 30.1 Å². The first kappa shape index (κ1) is 18.0. The molecule has 1 saturated heterocycles. The largest absolute Gasteiger partial charge is 0.360 e. The van der Waals surface area contributed by atoms with E-state index in [1.54, 1.807) is 0 Å². The number of carbonyl (C=O) groups is 1. The Morgan fingerprint density at radius 3 is 2.64 bits per heavy atom. The van der Waals surface area contributed by atoms with Crippen molar-refractivity contribution < 1.29 is 9.32 Å². The number of aromatic nitrogens is 1. The van der Waals surface area contributed by atoms with Gasteiger partial charge >= 0.3 is 0 Å². The van der Waals surface area contributed by atoms with Gasteiger partial charge in [-0.1, -0.05) is 42.7 Å². The third-order valence-corrected chi connectivity index (χ3v) is 4.82. The van der Waals surface area contributed by atoms with Gasteiger partial charge in [0.2, 0.25) is 0 Å². The summed E-state index contributed by atoms with van der Waals surface area (Å²) in [6.45, 7) is 9.83. The van der Waals surface area contributed by atoms with Crippen molar-refractivity contribution in [2.45, 2.75) is 33.2 Å². The molecule has 134 valence electrons. The molecule has 1 aromatic carbocycles. The van der Waals surface area contributed by atoms with E-state index in [9.17, 15) is 4.79 Å². The highest BCUT2D eigenvalue weighted by Crippen LogP contribution is 2.24. The number of carbonyl (C=O) groups excluding carboxylic acids is 1. The van der Waals surface area contributed by atoms with Crippen molar-refractivity contribution in [3.63, 3.8) is 0 Å². The fraction of sp³-hybridized carbons (Fsp3) is 0.474. The van der Waals surface area contributed by atoms with Gasteiger partial charge in [-0.05, 0) is 24.6 Å². The van der Waals surface area contributed by atoms with Crippen LogP contribution >= 0.6 is 11.6 Å². The molecule has 25 heavy (non-hydrogen) atoms. The Morgan fingerprint density at radius 2 is 2.00 bits per heavy atom. The molecule has 1 aliphatic rings. The molecule has 0 bridgehead atoms. The van der Waals surface area contributed by atoms with Crippen LogP contribution in [0.4, 0.5) is 0 Å². The summed E-state index contributed by atoms with van der Waals surface area (Å²) in [6.07, 6.45) is 0. The lowest BCUT2D eigenvalue weighted by atomic mass is 10.0. The van der Waals surface area contributed by atoms with E-state index >= 15 is 0 Å². The quantitative estimate of drug-likeness (QED) is 0.832. The minimum absolute atomic E-state index is 0.0323. The molecule has 2 aromatic rings. The summed E-state index contributed by atoms with van der Waals surface area (Å²) in [6, 6.07) is 7.93. The predicted octanol–water partition coefficient (Wildman–Crippen LogP) is 3.72. The van der Waals surface area contributed by atoms with Crippen molar-refractivity contribution in [3.05, 3.63) is 51.9 Å². The number of halogens is 1. The minimum atomic E-state index is 0.0323. The second-order valence-electron chi connectivity index (χ2n) is 6.86. The van der Waals surface area contributed by atoms with Crippen LogP contribution in [0.25, 0.3) is 0 Å². The SMILES string of the molecule is Cc1noc(C(C)C)c1C(=O)N1CCN(Cc2cccc(Cl)c2)CC1. The van der Waals surface area contributed by atoms with Crippen LogP contribution in [0.2, 0.25) is 5.02 Å². The van der Waals surface area contributed by atoms with E-state index in [4.69, 9.17) is 16.1 Å². The molecule has 0 atom stereocenters. The third kappa shape index (κ3) is 4.05. The van der Waals surface area contributed by atoms with Gasteiger partial charge in [0.25, 0.3) is 5.91 Å². The van der Waals surface area contributed by atoms with Crippen molar-refractivity contribution in [2.24, 2.45) is 0 Å². The maximum atomic E-state index is 12.9. The summed E-state index contributed by atoms with van der Waals surface area (Å²) < 4.78 is 5.36. The topological polar surface area (TPSA) is 49.6 Å². The number of hydrogen-bond acceptors (Lipinski definition) is 4. The zero-order chi connectivity index (χ0) is 18.0. The molecule has 5 nitrogen and oxygen atoms in total. The third-order valence-electron chi connectivity index (χ3n) is 4.58. The number of aryl methyl sites for hydroxylation is 1. The molecular weight excluding hydrogens is 338 g/mol. The lowest BCUT2D eigenvalue weighted by Gasteiger charge is -2.34. The van der Waals surface area contributed by atoms with Crippen molar-refractivity contribution in [1.29, 1.82) is 0 Å². The van der Waals surface area contributed by atoms with E-state index in [0.717, 1.165) is 24.7 Å². The molecule has 1 aromatic heterocycles. The van der Waals surface area contributed by atoms with Crippen LogP contribution in [-0.4, -0.2) is 47.0 Å². The number of hydrogen-bond donors (Lipinski definition) is 0. The molecule has 0 saturated carbocycles. The fourth-order valence-corrected chi connectivity index (χ4v) is 3.42. The monoisotopic (exact) mass is 361 g/mol. The first-order valence-corrected chi connectivity index (χ1v) is 9.05. The summed E-state index contributed by atoms with van der Waals surface area (Å²) in [5.41, 5.74) is 2.51. The normalized spacial score (nSPS) is 15.8. The van der Waals surface area contributed by atoms with Crippen LogP contribution in [0.3, 0.4) is 0 Å². The molecule has 0 aliphatic carbocycles. The smallest absolute Gasteiger partial charge is 0.259 e. The predicted molar refractivity (Wildman–Crippen MR) is 98.0 cm³/mol. The summed E-state index contributed by atoms with van der Waals surface area (Å²) >= 11 is 6.05. The Kier molecular flexibility index (Phi) is 5.45. The van der Waals surface area contributed by atoms with Gasteiger partial charge in [0, 0.05) is 43.7 Å². The molecule has 1 fully saturated rings. The molecule has 2 heterocycles. The Morgan fingerprint density at radius 1 is 1.28 bits per heavy atom. The zero-order valence-corrected chi connectivity index (χ0v) is 15.7. The molecule has 6 heteroatoms. The average Bonchev–Trinajstić information content (AvgIpc) is 2.97. The van der Waals surface area contributed by atoms with Crippen molar-refractivity contribution in [3.8, 4) is 0 Å². The van der Waals surface area contributed by atoms with E-state index in [1.807, 2.05) is 43.9 Å². The molecule has 0 radical (unpaired) electrons. The van der Waals surface area contributed by atoms with Crippen LogP contribution in [-0.2, 0) is 6.54 Å². The van der Waals surface area contributed by atoms with E-state index in [2.05, 4.69) is 16.1 Å². The van der Waals surface area contributed by atoms with Crippen LogP contribution in [0, 0.1) is 6.92 Å². The molecule has 0 unspecified atom stereocenters. The van der Waals surface area contributed by atoms with Crippen molar-refractivity contribution in [2.75, 3.05) is 26.2 Å². The van der Waals surface area contributed by atoms with Gasteiger partial charge < -0.3 is 9.42 Å². The van der Waals surface area contributed by atoms with Gasteiger partial charge in [-0.25, -0.2) is 0 Å². The molecule has 1 amide bonds. The summed E-state index contributed by atoms with van der Waals surface area (Å²) in [5.74, 6) is 0.859. The van der Waals surface area contributed by atoms with Crippen molar-refractivity contribution >= 4 is 17.5 Å². The fourth-order valence-electron chi connectivity index (χ4n) is 3.20. The van der Waals surface area contributed by atoms with Gasteiger partial charge in [0.15, 0.2) is 5.76 Å². The molecular formula is C19H24ClN3O2. The average molecular weight is 362 g/mol. The van der Waals surface area contributed by atoms with E-state index in [1.165, 1.54) is 5.56 Å². The standard InChI is InChI=1S/C19H24ClN3O2/c1-13(2)18-17(14(3)21-25-18)19(24)23-9-7-22(8-10-23)12-15-5-4-6-16(20)11-15/h4-6,11,13H,7-10,12H2,1-3H3. The second-order valence-corrected chi connectivity index (χ2v) is 7.30. The molecule has 0 spiro atoms. The molecule has 1 aliphatic heterocycles. The maximum Gasteiger partial charge on any atom is 0.259 e. The highest BCUT2D eigenvalue weighted by molar-refractivity contribution is 6.30. The Hall–Kier alpha value is -1.85. The highest BCUT2D eigenvalue weighted by Gasteiger charge is 2.29. The number of nitrogens with zero attached hydrogens (tertiary/aromatic N) is 3. The first-order valence-electron chi connectivity index (χ1n) is 8.68. The van der Waals surface area contributed by atoms with Crippen LogP contribution in [0.5, 0.6) is 0 Å². The maximum absolute atomic E-state index is 12.9. The second kappa shape index (κ2) is 7.58. The minimum Gasteiger partial charge on any atom is -0.360 e. The van der Waals surface area contributed by atoms with Gasteiger partial charge in [-0.2, -0.15) is 0 Å². The highest BCUT2D eigenvalue weighted by atomic mass is 35.5. The van der Waals surface area contributed by atoms with Gasteiger partial charge in [0.1, 0.15) is 5.56 Å². The van der Waals surface area contributed by atoms with Crippen LogP contribution in [0.1, 0.15) is 47.1 Å².